The van der Waals surface area contributed by atoms with Gasteiger partial charge in [0.05, 0.1) is 5.03 Å². The second-order valence-corrected chi connectivity index (χ2v) is 5.33. The maximum Gasteiger partial charge on any atom is 0.354 e. The molecule has 4 nitrogen and oxygen atoms in total. The first-order valence-electron chi connectivity index (χ1n) is 5.08. The summed E-state index contributed by atoms with van der Waals surface area (Å²) < 4.78 is 0.916. The number of carboxylic acid groups (broad SMARTS) is 1. The number of thioether (sulfide) groups is 1. The normalized spacial score (nSPS) is 10.3. The van der Waals surface area contributed by atoms with E-state index in [0.29, 0.717) is 11.3 Å². The molecule has 0 aliphatic rings. The third kappa shape index (κ3) is 3.30. The molecule has 2 aromatic rings. The Hall–Kier alpha value is -1.40. The average Bonchev–Trinajstić information content (AvgIpc) is 2.38. The molecule has 2 rings (SSSR count). The van der Waals surface area contributed by atoms with Crippen LogP contribution in [0.3, 0.4) is 0 Å². The Kier molecular flexibility index (Phi) is 4.33. The van der Waals surface area contributed by atoms with Crippen molar-refractivity contribution >= 4 is 33.7 Å². The fraction of sp³-hybridized carbons (Fsp3) is 0.0833. The minimum Gasteiger partial charge on any atom is -0.477 e. The number of pyridine rings is 2. The predicted molar refractivity (Wildman–Crippen MR) is 72.7 cm³/mol. The number of aromatic nitrogens is 2. The van der Waals surface area contributed by atoms with E-state index >= 15 is 0 Å². The molecule has 0 saturated carbocycles. The van der Waals surface area contributed by atoms with Gasteiger partial charge >= 0.3 is 5.97 Å². The molecule has 0 aliphatic heterocycles. The third-order valence-corrected chi connectivity index (χ3v) is 3.63. The van der Waals surface area contributed by atoms with Gasteiger partial charge in [-0.05, 0) is 39.7 Å². The molecular formula is C12H9BrN2O2S. The molecule has 2 heterocycles. The van der Waals surface area contributed by atoms with E-state index < -0.39 is 5.97 Å². The number of rotatable bonds is 4. The molecular weight excluding hydrogens is 316 g/mol. The Balaban J connectivity index is 2.10. The maximum atomic E-state index is 11.0. The number of hydrogen-bond acceptors (Lipinski definition) is 4. The summed E-state index contributed by atoms with van der Waals surface area (Å²) in [6, 6.07) is 7.28. The minimum absolute atomic E-state index is 0.0992. The third-order valence-electron chi connectivity index (χ3n) is 2.17. The second kappa shape index (κ2) is 5.97. The van der Waals surface area contributed by atoms with E-state index in [1.165, 1.54) is 18.0 Å². The number of carboxylic acids is 1. The van der Waals surface area contributed by atoms with Gasteiger partial charge in [-0.15, -0.1) is 11.8 Å². The topological polar surface area (TPSA) is 63.1 Å². The van der Waals surface area contributed by atoms with Crippen LogP contribution in [0.4, 0.5) is 0 Å². The summed E-state index contributed by atoms with van der Waals surface area (Å²) in [6.45, 7) is 0. The van der Waals surface area contributed by atoms with Gasteiger partial charge < -0.3 is 5.11 Å². The zero-order valence-corrected chi connectivity index (χ0v) is 11.6. The first kappa shape index (κ1) is 13.0. The number of nitrogens with zero attached hydrogens (tertiary/aromatic N) is 2. The largest absolute Gasteiger partial charge is 0.477 e. The monoisotopic (exact) mass is 324 g/mol. The van der Waals surface area contributed by atoms with Gasteiger partial charge in [-0.25, -0.2) is 14.8 Å². The van der Waals surface area contributed by atoms with Gasteiger partial charge in [-0.2, -0.15) is 0 Å². The molecule has 6 heteroatoms. The van der Waals surface area contributed by atoms with Crippen LogP contribution in [0, 0.1) is 0 Å². The lowest BCUT2D eigenvalue weighted by Gasteiger charge is -2.04. The lowest BCUT2D eigenvalue weighted by molar-refractivity contribution is 0.0689. The molecule has 1 N–H and O–H groups in total. The molecule has 0 unspecified atom stereocenters. The highest BCUT2D eigenvalue weighted by molar-refractivity contribution is 9.10. The molecule has 0 bridgehead atoms. The van der Waals surface area contributed by atoms with E-state index in [9.17, 15) is 4.79 Å². The van der Waals surface area contributed by atoms with Gasteiger partial charge in [0.1, 0.15) is 0 Å². The Morgan fingerprint density at radius 3 is 2.83 bits per heavy atom. The van der Waals surface area contributed by atoms with E-state index in [-0.39, 0.29) is 5.69 Å². The fourth-order valence-corrected chi connectivity index (χ4v) is 2.41. The van der Waals surface area contributed by atoms with Gasteiger partial charge in [0.25, 0.3) is 0 Å². The van der Waals surface area contributed by atoms with Crippen molar-refractivity contribution in [1.29, 1.82) is 0 Å². The SMILES string of the molecule is O=C(O)c1ncccc1CSc1ccc(Br)cn1. The molecule has 0 aromatic carbocycles. The van der Waals surface area contributed by atoms with Gasteiger partial charge in [0.2, 0.25) is 0 Å². The van der Waals surface area contributed by atoms with Crippen molar-refractivity contribution in [2.45, 2.75) is 10.8 Å². The van der Waals surface area contributed by atoms with Crippen LogP contribution in [0.1, 0.15) is 16.1 Å². The molecule has 0 spiro atoms. The van der Waals surface area contributed by atoms with Crippen LogP contribution in [0.2, 0.25) is 0 Å². The molecule has 2 aromatic heterocycles. The van der Waals surface area contributed by atoms with Crippen molar-refractivity contribution < 1.29 is 9.90 Å². The van der Waals surface area contributed by atoms with Crippen molar-refractivity contribution in [3.05, 3.63) is 52.4 Å². The highest BCUT2D eigenvalue weighted by atomic mass is 79.9. The summed E-state index contributed by atoms with van der Waals surface area (Å²) in [5, 5.41) is 9.85. The Bertz CT molecular complexity index is 560. The predicted octanol–water partition coefficient (Wildman–Crippen LogP) is 3.23. The average molecular weight is 325 g/mol. The van der Waals surface area contributed by atoms with Gasteiger partial charge in [0.15, 0.2) is 5.69 Å². The number of hydrogen-bond donors (Lipinski definition) is 1. The van der Waals surface area contributed by atoms with Crippen molar-refractivity contribution in [2.75, 3.05) is 0 Å². The van der Waals surface area contributed by atoms with Crippen LogP contribution in [-0.2, 0) is 5.75 Å². The van der Waals surface area contributed by atoms with Gasteiger partial charge in [0, 0.05) is 22.6 Å². The Labute approximate surface area is 117 Å². The zero-order valence-electron chi connectivity index (χ0n) is 9.21. The van der Waals surface area contributed by atoms with Crippen molar-refractivity contribution in [3.8, 4) is 0 Å². The lowest BCUT2D eigenvalue weighted by Crippen LogP contribution is -2.04. The van der Waals surface area contributed by atoms with Gasteiger partial charge in [-0.1, -0.05) is 6.07 Å². The molecule has 0 saturated heterocycles. The van der Waals surface area contributed by atoms with E-state index in [1.54, 1.807) is 18.3 Å². The number of aromatic carboxylic acids is 1. The summed E-state index contributed by atoms with van der Waals surface area (Å²) >= 11 is 4.79. The Morgan fingerprint density at radius 1 is 1.33 bits per heavy atom. The van der Waals surface area contributed by atoms with Crippen LogP contribution in [0.25, 0.3) is 0 Å². The lowest BCUT2D eigenvalue weighted by atomic mass is 10.2. The van der Waals surface area contributed by atoms with Crippen LogP contribution >= 0.6 is 27.7 Å². The van der Waals surface area contributed by atoms with Crippen LogP contribution in [-0.4, -0.2) is 21.0 Å². The Morgan fingerprint density at radius 2 is 2.17 bits per heavy atom. The molecule has 18 heavy (non-hydrogen) atoms. The summed E-state index contributed by atoms with van der Waals surface area (Å²) in [5.41, 5.74) is 0.793. The van der Waals surface area contributed by atoms with Gasteiger partial charge in [-0.3, -0.25) is 0 Å². The highest BCUT2D eigenvalue weighted by Gasteiger charge is 2.11. The summed E-state index contributed by atoms with van der Waals surface area (Å²) in [7, 11) is 0. The minimum atomic E-state index is -1.00. The fourth-order valence-electron chi connectivity index (χ4n) is 1.35. The van der Waals surface area contributed by atoms with E-state index in [0.717, 1.165) is 9.50 Å². The van der Waals surface area contributed by atoms with E-state index in [2.05, 4.69) is 25.9 Å². The molecule has 0 aliphatic carbocycles. The van der Waals surface area contributed by atoms with E-state index in [1.807, 2.05) is 12.1 Å². The smallest absolute Gasteiger partial charge is 0.354 e. The molecule has 0 fully saturated rings. The van der Waals surface area contributed by atoms with Crippen LogP contribution in [0.5, 0.6) is 0 Å². The standard InChI is InChI=1S/C12H9BrN2O2S/c13-9-3-4-10(15-6-9)18-7-8-2-1-5-14-11(8)12(16)17/h1-6H,7H2,(H,16,17). The maximum absolute atomic E-state index is 11.0. The zero-order chi connectivity index (χ0) is 13.0. The van der Waals surface area contributed by atoms with E-state index in [4.69, 9.17) is 5.11 Å². The summed E-state index contributed by atoms with van der Waals surface area (Å²) in [5.74, 6) is -0.473. The second-order valence-electron chi connectivity index (χ2n) is 3.42. The van der Waals surface area contributed by atoms with Crippen LogP contribution < -0.4 is 0 Å². The van der Waals surface area contributed by atoms with Crippen LogP contribution in [0.15, 0.2) is 46.2 Å². The summed E-state index contributed by atoms with van der Waals surface area (Å²) in [6.07, 6.45) is 3.19. The van der Waals surface area contributed by atoms with Crippen molar-refractivity contribution in [1.82, 2.24) is 9.97 Å². The molecule has 0 amide bonds. The molecule has 0 radical (unpaired) electrons. The first-order valence-corrected chi connectivity index (χ1v) is 6.86. The number of halogens is 1. The van der Waals surface area contributed by atoms with Crippen molar-refractivity contribution in [2.24, 2.45) is 0 Å². The molecule has 0 atom stereocenters. The first-order chi connectivity index (χ1) is 8.66. The molecule has 92 valence electrons. The summed E-state index contributed by atoms with van der Waals surface area (Å²) in [4.78, 5) is 19.1. The quantitative estimate of drug-likeness (QED) is 0.875. The highest BCUT2D eigenvalue weighted by Crippen LogP contribution is 2.23. The van der Waals surface area contributed by atoms with Crippen molar-refractivity contribution in [3.63, 3.8) is 0 Å². The number of carbonyl (C=O) groups is 1.